The Hall–Kier alpha value is -2.18. The number of hydrogen-bond acceptors (Lipinski definition) is 4. The lowest BCUT2D eigenvalue weighted by molar-refractivity contribution is 0.0642. The molecule has 1 saturated carbocycles. The highest BCUT2D eigenvalue weighted by Gasteiger charge is 2.24. The third kappa shape index (κ3) is 5.10. The summed E-state index contributed by atoms with van der Waals surface area (Å²) >= 11 is 5.84. The average Bonchev–Trinajstić information content (AvgIpc) is 3.29. The Morgan fingerprint density at radius 3 is 2.67 bits per heavy atom. The standard InChI is InChI=1S/C23H27ClFN3O2/c24-17-5-6-21(20(25)11-17)28-22-12-18(16-3-1-2-4-16)19(14-26-22)23(29)27-13-15-7-9-30-10-8-15/h5-6,11-12,14-16H,1-4,7-10,13H2,(H,26,28)(H,27,29). The number of amides is 1. The summed E-state index contributed by atoms with van der Waals surface area (Å²) in [5.74, 6) is 0.788. The van der Waals surface area contributed by atoms with Gasteiger partial charge in [0.15, 0.2) is 0 Å². The summed E-state index contributed by atoms with van der Waals surface area (Å²) in [5.41, 5.74) is 1.92. The van der Waals surface area contributed by atoms with Crippen molar-refractivity contribution in [2.45, 2.75) is 44.4 Å². The number of benzene rings is 1. The van der Waals surface area contributed by atoms with Crippen molar-refractivity contribution in [3.05, 3.63) is 52.4 Å². The van der Waals surface area contributed by atoms with E-state index < -0.39 is 5.82 Å². The van der Waals surface area contributed by atoms with Crippen LogP contribution >= 0.6 is 11.6 Å². The van der Waals surface area contributed by atoms with E-state index in [0.717, 1.165) is 57.3 Å². The zero-order chi connectivity index (χ0) is 20.9. The van der Waals surface area contributed by atoms with Crippen LogP contribution in [-0.2, 0) is 4.74 Å². The molecule has 2 heterocycles. The molecule has 160 valence electrons. The predicted octanol–water partition coefficient (Wildman–Crippen LogP) is 5.43. The first kappa shape index (κ1) is 21.1. The van der Waals surface area contributed by atoms with Crippen molar-refractivity contribution in [2.24, 2.45) is 5.92 Å². The van der Waals surface area contributed by atoms with Gasteiger partial charge in [0.25, 0.3) is 5.91 Å². The van der Waals surface area contributed by atoms with Gasteiger partial charge in [0.1, 0.15) is 11.6 Å². The maximum Gasteiger partial charge on any atom is 0.253 e. The second-order valence-corrected chi connectivity index (χ2v) is 8.59. The van der Waals surface area contributed by atoms with Crippen LogP contribution in [0.2, 0.25) is 5.02 Å². The molecule has 0 atom stereocenters. The fourth-order valence-electron chi connectivity index (χ4n) is 4.32. The number of anilines is 2. The van der Waals surface area contributed by atoms with Gasteiger partial charge in [0, 0.05) is 31.0 Å². The molecule has 7 heteroatoms. The SMILES string of the molecule is O=C(NCC1CCOCC1)c1cnc(Nc2ccc(Cl)cc2F)cc1C1CCCC1. The van der Waals surface area contributed by atoms with Gasteiger partial charge in [0.2, 0.25) is 0 Å². The van der Waals surface area contributed by atoms with E-state index >= 15 is 0 Å². The van der Waals surface area contributed by atoms with Gasteiger partial charge in [-0.15, -0.1) is 0 Å². The van der Waals surface area contributed by atoms with Crippen molar-refractivity contribution < 1.29 is 13.9 Å². The van der Waals surface area contributed by atoms with E-state index in [2.05, 4.69) is 15.6 Å². The summed E-state index contributed by atoms with van der Waals surface area (Å²) in [6.07, 6.45) is 7.99. The molecule has 1 aliphatic carbocycles. The number of halogens is 2. The lowest BCUT2D eigenvalue weighted by atomic mass is 9.93. The number of aromatic nitrogens is 1. The number of nitrogens with one attached hydrogen (secondary N) is 2. The molecule has 2 fully saturated rings. The van der Waals surface area contributed by atoms with E-state index in [1.807, 2.05) is 6.07 Å². The van der Waals surface area contributed by atoms with Crippen molar-refractivity contribution in [3.8, 4) is 0 Å². The quantitative estimate of drug-likeness (QED) is 0.640. The molecule has 1 aromatic carbocycles. The smallest absolute Gasteiger partial charge is 0.253 e. The summed E-state index contributed by atoms with van der Waals surface area (Å²) in [4.78, 5) is 17.3. The molecular weight excluding hydrogens is 405 g/mol. The third-order valence-corrected chi connectivity index (χ3v) is 6.30. The molecular formula is C23H27ClFN3O2. The van der Waals surface area contributed by atoms with Gasteiger partial charge in [-0.05, 0) is 67.3 Å². The molecule has 0 radical (unpaired) electrons. The zero-order valence-electron chi connectivity index (χ0n) is 16.9. The van der Waals surface area contributed by atoms with E-state index in [1.54, 1.807) is 18.3 Å². The highest BCUT2D eigenvalue weighted by molar-refractivity contribution is 6.30. The molecule has 0 unspecified atom stereocenters. The molecule has 30 heavy (non-hydrogen) atoms. The molecule has 1 aliphatic heterocycles. The number of pyridine rings is 1. The largest absolute Gasteiger partial charge is 0.381 e. The van der Waals surface area contributed by atoms with E-state index in [1.165, 1.54) is 6.07 Å². The molecule has 0 bridgehead atoms. The fraction of sp³-hybridized carbons (Fsp3) is 0.478. The molecule has 2 N–H and O–H groups in total. The highest BCUT2D eigenvalue weighted by Crippen LogP contribution is 2.37. The first-order chi connectivity index (χ1) is 14.6. The molecule has 1 aromatic heterocycles. The molecule has 2 aliphatic rings. The van der Waals surface area contributed by atoms with E-state index in [-0.39, 0.29) is 5.91 Å². The predicted molar refractivity (Wildman–Crippen MR) is 116 cm³/mol. The Balaban J connectivity index is 1.53. The minimum Gasteiger partial charge on any atom is -0.381 e. The van der Waals surface area contributed by atoms with Crippen LogP contribution in [0.4, 0.5) is 15.9 Å². The molecule has 1 amide bonds. The van der Waals surface area contributed by atoms with Crippen molar-refractivity contribution >= 4 is 29.0 Å². The molecule has 2 aromatic rings. The molecule has 1 saturated heterocycles. The first-order valence-electron chi connectivity index (χ1n) is 10.7. The maximum absolute atomic E-state index is 14.2. The topological polar surface area (TPSA) is 63.2 Å². The Labute approximate surface area is 181 Å². The molecule has 0 spiro atoms. The van der Waals surface area contributed by atoms with Crippen molar-refractivity contribution in [1.82, 2.24) is 10.3 Å². The van der Waals surface area contributed by atoms with Gasteiger partial charge in [-0.1, -0.05) is 24.4 Å². The summed E-state index contributed by atoms with van der Waals surface area (Å²) in [7, 11) is 0. The summed E-state index contributed by atoms with van der Waals surface area (Å²) < 4.78 is 19.6. The van der Waals surface area contributed by atoms with Gasteiger partial charge in [-0.3, -0.25) is 4.79 Å². The van der Waals surface area contributed by atoms with Gasteiger partial charge in [0.05, 0.1) is 11.3 Å². The second kappa shape index (κ2) is 9.75. The number of carbonyl (C=O) groups excluding carboxylic acids is 1. The van der Waals surface area contributed by atoms with Gasteiger partial charge >= 0.3 is 0 Å². The fourth-order valence-corrected chi connectivity index (χ4v) is 4.47. The lowest BCUT2D eigenvalue weighted by Gasteiger charge is -2.23. The Morgan fingerprint density at radius 1 is 1.17 bits per heavy atom. The monoisotopic (exact) mass is 431 g/mol. The van der Waals surface area contributed by atoms with Gasteiger partial charge < -0.3 is 15.4 Å². The Bertz CT molecular complexity index is 896. The lowest BCUT2D eigenvalue weighted by Crippen LogP contribution is -2.33. The number of carbonyl (C=O) groups is 1. The van der Waals surface area contributed by atoms with Crippen LogP contribution in [0.25, 0.3) is 0 Å². The van der Waals surface area contributed by atoms with Crippen LogP contribution in [0.3, 0.4) is 0 Å². The van der Waals surface area contributed by atoms with E-state index in [0.29, 0.717) is 40.5 Å². The number of ether oxygens (including phenoxy) is 1. The van der Waals surface area contributed by atoms with Crippen molar-refractivity contribution in [1.29, 1.82) is 0 Å². The van der Waals surface area contributed by atoms with Crippen LogP contribution in [0.1, 0.15) is 60.4 Å². The Morgan fingerprint density at radius 2 is 1.93 bits per heavy atom. The molecule has 5 nitrogen and oxygen atoms in total. The Kier molecular flexibility index (Phi) is 6.85. The second-order valence-electron chi connectivity index (χ2n) is 8.15. The number of nitrogens with zero attached hydrogens (tertiary/aromatic N) is 1. The van der Waals surface area contributed by atoms with Crippen LogP contribution in [0.5, 0.6) is 0 Å². The summed E-state index contributed by atoms with van der Waals surface area (Å²) in [6, 6.07) is 6.37. The zero-order valence-corrected chi connectivity index (χ0v) is 17.7. The highest BCUT2D eigenvalue weighted by atomic mass is 35.5. The number of rotatable bonds is 6. The summed E-state index contributed by atoms with van der Waals surface area (Å²) in [6.45, 7) is 2.18. The first-order valence-corrected chi connectivity index (χ1v) is 11.1. The van der Waals surface area contributed by atoms with E-state index in [4.69, 9.17) is 16.3 Å². The number of hydrogen-bond donors (Lipinski definition) is 2. The van der Waals surface area contributed by atoms with Crippen LogP contribution in [-0.4, -0.2) is 30.6 Å². The van der Waals surface area contributed by atoms with Crippen LogP contribution in [0, 0.1) is 11.7 Å². The van der Waals surface area contributed by atoms with Crippen molar-refractivity contribution in [3.63, 3.8) is 0 Å². The van der Waals surface area contributed by atoms with Gasteiger partial charge in [-0.2, -0.15) is 0 Å². The molecule has 4 rings (SSSR count). The summed E-state index contributed by atoms with van der Waals surface area (Å²) in [5, 5.41) is 6.45. The normalized spacial score (nSPS) is 17.8. The maximum atomic E-state index is 14.2. The van der Waals surface area contributed by atoms with E-state index in [9.17, 15) is 9.18 Å². The van der Waals surface area contributed by atoms with Crippen molar-refractivity contribution in [2.75, 3.05) is 25.1 Å². The van der Waals surface area contributed by atoms with Crippen LogP contribution < -0.4 is 10.6 Å². The van der Waals surface area contributed by atoms with Crippen LogP contribution in [0.15, 0.2) is 30.5 Å². The average molecular weight is 432 g/mol. The minimum absolute atomic E-state index is 0.0832. The minimum atomic E-state index is -0.440. The third-order valence-electron chi connectivity index (χ3n) is 6.06. The van der Waals surface area contributed by atoms with Gasteiger partial charge in [-0.25, -0.2) is 9.37 Å².